The van der Waals surface area contributed by atoms with Crippen molar-refractivity contribution in [1.29, 1.82) is 0 Å². The molecule has 4 heteroatoms. The minimum absolute atomic E-state index is 0.284. The third-order valence-corrected chi connectivity index (χ3v) is 2.63. The van der Waals surface area contributed by atoms with E-state index < -0.39 is 0 Å². The van der Waals surface area contributed by atoms with Gasteiger partial charge in [-0.2, -0.15) is 0 Å². The van der Waals surface area contributed by atoms with Crippen molar-refractivity contribution in [3.05, 3.63) is 48.9 Å². The van der Waals surface area contributed by atoms with Gasteiger partial charge >= 0.3 is 0 Å². The number of nitrogen functional groups attached to an aromatic ring is 1. The van der Waals surface area contributed by atoms with E-state index in [9.17, 15) is 0 Å². The number of nitrogens with two attached hydrogens (primary N) is 1. The largest absolute Gasteiger partial charge is 0.368 e. The number of hydrogen-bond donors (Lipinski definition) is 1. The van der Waals surface area contributed by atoms with Crippen LogP contribution in [0.25, 0.3) is 22.0 Å². The molecule has 0 saturated heterocycles. The lowest BCUT2D eigenvalue weighted by molar-refractivity contribution is 1.19. The number of benzene rings is 1. The zero-order valence-electron chi connectivity index (χ0n) is 9.04. The Kier molecular flexibility index (Phi) is 2.19. The second kappa shape index (κ2) is 3.83. The molecule has 2 N–H and O–H groups in total. The lowest BCUT2D eigenvalue weighted by Gasteiger charge is -2.05. The van der Waals surface area contributed by atoms with E-state index in [0.29, 0.717) is 0 Å². The highest BCUT2D eigenvalue weighted by Crippen LogP contribution is 2.26. The van der Waals surface area contributed by atoms with Crippen LogP contribution in [0.1, 0.15) is 0 Å². The van der Waals surface area contributed by atoms with E-state index in [1.165, 1.54) is 0 Å². The van der Waals surface area contributed by atoms with Crippen molar-refractivity contribution < 1.29 is 0 Å². The summed E-state index contributed by atoms with van der Waals surface area (Å²) in [4.78, 5) is 12.3. The maximum absolute atomic E-state index is 5.48. The normalized spacial score (nSPS) is 10.6. The van der Waals surface area contributed by atoms with Gasteiger partial charge in [-0.25, -0.2) is 9.97 Å². The number of rotatable bonds is 1. The van der Waals surface area contributed by atoms with Crippen LogP contribution in [0.15, 0.2) is 48.9 Å². The summed E-state index contributed by atoms with van der Waals surface area (Å²) in [6.45, 7) is 0. The van der Waals surface area contributed by atoms with Gasteiger partial charge in [-0.1, -0.05) is 18.2 Å². The number of pyridine rings is 1. The van der Waals surface area contributed by atoms with Gasteiger partial charge in [0.05, 0.1) is 5.52 Å². The fraction of sp³-hybridized carbons (Fsp3) is 0. The molecule has 0 amide bonds. The highest BCUT2D eigenvalue weighted by Gasteiger charge is 2.04. The summed E-state index contributed by atoms with van der Waals surface area (Å²) >= 11 is 0. The number of aromatic nitrogens is 3. The average molecular weight is 222 g/mol. The molecule has 0 unspecified atom stereocenters. The first-order valence-electron chi connectivity index (χ1n) is 5.26. The Balaban J connectivity index is 2.27. The molecule has 0 radical (unpaired) electrons. The summed E-state index contributed by atoms with van der Waals surface area (Å²) in [7, 11) is 0. The van der Waals surface area contributed by atoms with Gasteiger partial charge in [-0.15, -0.1) is 0 Å². The van der Waals surface area contributed by atoms with Crippen LogP contribution in [0, 0.1) is 0 Å². The molecule has 0 bridgehead atoms. The number of hydrogen-bond acceptors (Lipinski definition) is 4. The van der Waals surface area contributed by atoms with Gasteiger partial charge in [0.1, 0.15) is 0 Å². The first-order valence-corrected chi connectivity index (χ1v) is 5.26. The summed E-state index contributed by atoms with van der Waals surface area (Å²) in [5.74, 6) is 0.284. The van der Waals surface area contributed by atoms with Gasteiger partial charge in [0.2, 0.25) is 5.95 Å². The minimum Gasteiger partial charge on any atom is -0.368 e. The van der Waals surface area contributed by atoms with Crippen LogP contribution in [0.3, 0.4) is 0 Å². The van der Waals surface area contributed by atoms with Gasteiger partial charge in [0.15, 0.2) is 0 Å². The summed E-state index contributed by atoms with van der Waals surface area (Å²) < 4.78 is 0. The first kappa shape index (κ1) is 9.72. The maximum Gasteiger partial charge on any atom is 0.219 e. The molecule has 4 nitrogen and oxygen atoms in total. The number of fused-ring (bicyclic) bond motifs is 1. The third-order valence-electron chi connectivity index (χ3n) is 2.63. The molecule has 3 rings (SSSR count). The monoisotopic (exact) mass is 222 g/mol. The first-order chi connectivity index (χ1) is 8.34. The van der Waals surface area contributed by atoms with Gasteiger partial charge in [0.25, 0.3) is 0 Å². The molecule has 0 atom stereocenters. The van der Waals surface area contributed by atoms with E-state index in [1.807, 2.05) is 30.3 Å². The van der Waals surface area contributed by atoms with Crippen LogP contribution in [0.4, 0.5) is 5.95 Å². The molecule has 17 heavy (non-hydrogen) atoms. The Morgan fingerprint density at radius 2 is 1.71 bits per heavy atom. The molecule has 1 aromatic carbocycles. The van der Waals surface area contributed by atoms with Crippen molar-refractivity contribution in [1.82, 2.24) is 15.0 Å². The Morgan fingerprint density at radius 1 is 0.882 bits per heavy atom. The Bertz CT molecular complexity index is 656. The van der Waals surface area contributed by atoms with Gasteiger partial charge in [-0.05, 0) is 17.7 Å². The smallest absolute Gasteiger partial charge is 0.219 e. The SMILES string of the molecule is Nc1ncc(-c2cccc3ncccc23)cn1. The minimum atomic E-state index is 0.284. The molecule has 0 spiro atoms. The second-order valence-corrected chi connectivity index (χ2v) is 3.71. The van der Waals surface area contributed by atoms with Crippen molar-refractivity contribution in [2.45, 2.75) is 0 Å². The number of anilines is 1. The standard InChI is InChI=1S/C13H10N4/c14-13-16-7-9(8-17-13)10-3-1-5-12-11(10)4-2-6-15-12/h1-8H,(H2,14,16,17). The lowest BCUT2D eigenvalue weighted by Crippen LogP contribution is -1.94. The van der Waals surface area contributed by atoms with Crippen molar-refractivity contribution in [2.75, 3.05) is 5.73 Å². The van der Waals surface area contributed by atoms with Gasteiger partial charge in [0, 0.05) is 29.5 Å². The highest BCUT2D eigenvalue weighted by atomic mass is 15.0. The second-order valence-electron chi connectivity index (χ2n) is 3.71. The Labute approximate surface area is 98.2 Å². The molecule has 0 aliphatic heterocycles. The van der Waals surface area contributed by atoms with Crippen molar-refractivity contribution in [3.8, 4) is 11.1 Å². The highest BCUT2D eigenvalue weighted by molar-refractivity contribution is 5.94. The fourth-order valence-electron chi connectivity index (χ4n) is 1.83. The van der Waals surface area contributed by atoms with Crippen LogP contribution in [-0.2, 0) is 0 Å². The molecular formula is C13H10N4. The fourth-order valence-corrected chi connectivity index (χ4v) is 1.83. The van der Waals surface area contributed by atoms with Crippen molar-refractivity contribution >= 4 is 16.9 Å². The molecule has 0 fully saturated rings. The van der Waals surface area contributed by atoms with Gasteiger partial charge < -0.3 is 5.73 Å². The zero-order valence-corrected chi connectivity index (χ0v) is 9.04. The molecule has 0 saturated carbocycles. The average Bonchev–Trinajstić information content (AvgIpc) is 2.39. The predicted octanol–water partition coefficient (Wildman–Crippen LogP) is 2.27. The predicted molar refractivity (Wildman–Crippen MR) is 67.2 cm³/mol. The maximum atomic E-state index is 5.48. The van der Waals surface area contributed by atoms with Crippen molar-refractivity contribution in [2.24, 2.45) is 0 Å². The van der Waals surface area contributed by atoms with Crippen LogP contribution >= 0.6 is 0 Å². The van der Waals surface area contributed by atoms with Crippen LogP contribution in [0.5, 0.6) is 0 Å². The van der Waals surface area contributed by atoms with E-state index in [0.717, 1.165) is 22.0 Å². The molecule has 0 aliphatic carbocycles. The summed E-state index contributed by atoms with van der Waals surface area (Å²) in [6.07, 6.45) is 5.24. The molecule has 3 aromatic rings. The molecular weight excluding hydrogens is 212 g/mol. The third kappa shape index (κ3) is 1.69. The molecule has 2 aromatic heterocycles. The van der Waals surface area contributed by atoms with Crippen LogP contribution < -0.4 is 5.73 Å². The molecule has 0 aliphatic rings. The summed E-state index contributed by atoms with van der Waals surface area (Å²) in [5.41, 5.74) is 8.45. The molecule has 82 valence electrons. The number of nitrogens with zero attached hydrogens (tertiary/aromatic N) is 3. The quantitative estimate of drug-likeness (QED) is 0.686. The van der Waals surface area contributed by atoms with E-state index in [1.54, 1.807) is 18.6 Å². The van der Waals surface area contributed by atoms with E-state index in [4.69, 9.17) is 5.73 Å². The Hall–Kier alpha value is -2.49. The van der Waals surface area contributed by atoms with Crippen LogP contribution in [-0.4, -0.2) is 15.0 Å². The molecule has 2 heterocycles. The topological polar surface area (TPSA) is 64.7 Å². The van der Waals surface area contributed by atoms with Crippen molar-refractivity contribution in [3.63, 3.8) is 0 Å². The Morgan fingerprint density at radius 3 is 2.53 bits per heavy atom. The van der Waals surface area contributed by atoms with E-state index in [2.05, 4.69) is 15.0 Å². The van der Waals surface area contributed by atoms with Crippen LogP contribution in [0.2, 0.25) is 0 Å². The zero-order chi connectivity index (χ0) is 11.7. The van der Waals surface area contributed by atoms with E-state index in [-0.39, 0.29) is 5.95 Å². The van der Waals surface area contributed by atoms with E-state index >= 15 is 0 Å². The summed E-state index contributed by atoms with van der Waals surface area (Å²) in [5, 5.41) is 1.09. The summed E-state index contributed by atoms with van der Waals surface area (Å²) in [6, 6.07) is 9.94. The van der Waals surface area contributed by atoms with Gasteiger partial charge in [-0.3, -0.25) is 4.98 Å². The lowest BCUT2D eigenvalue weighted by atomic mass is 10.0.